The molecule has 3 aromatic heterocycles. The molecule has 0 fully saturated rings. The lowest BCUT2D eigenvalue weighted by atomic mass is 9.96. The number of fused-ring (bicyclic) bond motifs is 8. The maximum absolute atomic E-state index is 6.57. The normalized spacial score (nSPS) is 11.7. The third-order valence-electron chi connectivity index (χ3n) is 11.5. The van der Waals surface area contributed by atoms with Crippen LogP contribution in [-0.4, -0.2) is 15.0 Å². The van der Waals surface area contributed by atoms with E-state index in [-0.39, 0.29) is 0 Å². The summed E-state index contributed by atoms with van der Waals surface area (Å²) in [4.78, 5) is 15.7. The standard InChI is InChI=1S/C55H33N3O2/c1-4-12-34(13-5-1)38-21-24-45-46-25-22-40(33-51(46)59-50(45)32-38)54-56-53(39-23-27-49-48(31-39)47-26-20-37-18-10-11-19-44(37)52(47)60-49)57-55(58-54)43-29-41(35-14-6-2-7-15-35)28-42(30-43)36-16-8-3-9-17-36/h1-33H. The Balaban J connectivity index is 1.06. The molecule has 0 atom stereocenters. The van der Waals surface area contributed by atoms with Gasteiger partial charge < -0.3 is 8.83 Å². The van der Waals surface area contributed by atoms with Crippen LogP contribution in [-0.2, 0) is 0 Å². The highest BCUT2D eigenvalue weighted by Gasteiger charge is 2.18. The third kappa shape index (κ3) is 5.83. The van der Waals surface area contributed by atoms with Crippen LogP contribution in [0.5, 0.6) is 0 Å². The molecule has 0 unspecified atom stereocenters. The van der Waals surface area contributed by atoms with Crippen LogP contribution in [0.2, 0.25) is 0 Å². The van der Waals surface area contributed by atoms with E-state index in [0.717, 1.165) is 105 Å². The molecule has 12 aromatic rings. The fourth-order valence-electron chi connectivity index (χ4n) is 8.48. The molecule has 12 rings (SSSR count). The Morgan fingerprint density at radius 1 is 0.250 bits per heavy atom. The predicted molar refractivity (Wildman–Crippen MR) is 245 cm³/mol. The lowest BCUT2D eigenvalue weighted by Crippen LogP contribution is -2.00. The van der Waals surface area contributed by atoms with Crippen molar-refractivity contribution >= 4 is 54.6 Å². The van der Waals surface area contributed by atoms with Gasteiger partial charge in [-0.1, -0.05) is 133 Å². The Kier molecular flexibility index (Phi) is 7.78. The number of aromatic nitrogens is 3. The Hall–Kier alpha value is -8.15. The van der Waals surface area contributed by atoms with E-state index in [1.165, 1.54) is 0 Å². The maximum atomic E-state index is 6.57. The minimum Gasteiger partial charge on any atom is -0.456 e. The van der Waals surface area contributed by atoms with Crippen molar-refractivity contribution in [3.63, 3.8) is 0 Å². The van der Waals surface area contributed by atoms with Crippen LogP contribution in [0, 0.1) is 0 Å². The van der Waals surface area contributed by atoms with Gasteiger partial charge in [-0.3, -0.25) is 0 Å². The number of hydrogen-bond acceptors (Lipinski definition) is 5. The van der Waals surface area contributed by atoms with Gasteiger partial charge in [-0.25, -0.2) is 15.0 Å². The van der Waals surface area contributed by atoms with Crippen molar-refractivity contribution in [2.24, 2.45) is 0 Å². The maximum Gasteiger partial charge on any atom is 0.164 e. The molecule has 0 aliphatic carbocycles. The molecule has 0 saturated heterocycles. The average Bonchev–Trinajstić information content (AvgIpc) is 3.89. The average molecular weight is 768 g/mol. The highest BCUT2D eigenvalue weighted by molar-refractivity contribution is 6.15. The van der Waals surface area contributed by atoms with Gasteiger partial charge in [-0.05, 0) is 105 Å². The smallest absolute Gasteiger partial charge is 0.164 e. The van der Waals surface area contributed by atoms with E-state index in [2.05, 4.69) is 164 Å². The largest absolute Gasteiger partial charge is 0.456 e. The molecule has 0 aliphatic rings. The van der Waals surface area contributed by atoms with Crippen molar-refractivity contribution in [3.05, 3.63) is 200 Å². The Morgan fingerprint density at radius 2 is 0.733 bits per heavy atom. The van der Waals surface area contributed by atoms with Crippen LogP contribution in [0.4, 0.5) is 0 Å². The van der Waals surface area contributed by atoms with E-state index in [9.17, 15) is 0 Å². The van der Waals surface area contributed by atoms with Crippen molar-refractivity contribution in [1.29, 1.82) is 0 Å². The Morgan fingerprint density at radius 3 is 1.38 bits per heavy atom. The zero-order valence-electron chi connectivity index (χ0n) is 32.2. The first-order valence-corrected chi connectivity index (χ1v) is 20.1. The molecule has 0 aliphatic heterocycles. The zero-order valence-corrected chi connectivity index (χ0v) is 32.2. The number of rotatable bonds is 6. The second-order valence-corrected chi connectivity index (χ2v) is 15.2. The SMILES string of the molecule is c1ccc(-c2cc(-c3ccccc3)cc(-c3nc(-c4ccc5c(c4)oc4cc(-c6ccccc6)ccc45)nc(-c4ccc5oc6c7ccccc7ccc6c5c4)n3)c2)cc1. The molecule has 0 radical (unpaired) electrons. The summed E-state index contributed by atoms with van der Waals surface area (Å²) in [6.45, 7) is 0. The molecule has 5 nitrogen and oxygen atoms in total. The van der Waals surface area contributed by atoms with Crippen LogP contribution in [0.15, 0.2) is 209 Å². The van der Waals surface area contributed by atoms with Crippen molar-refractivity contribution in [3.8, 4) is 67.5 Å². The first-order valence-electron chi connectivity index (χ1n) is 20.1. The third-order valence-corrected chi connectivity index (χ3v) is 11.5. The summed E-state index contributed by atoms with van der Waals surface area (Å²) in [6.07, 6.45) is 0. The van der Waals surface area contributed by atoms with E-state index in [4.69, 9.17) is 23.8 Å². The highest BCUT2D eigenvalue weighted by atomic mass is 16.3. The van der Waals surface area contributed by atoms with Gasteiger partial charge >= 0.3 is 0 Å². The first-order chi connectivity index (χ1) is 29.7. The van der Waals surface area contributed by atoms with Gasteiger partial charge in [0.15, 0.2) is 17.5 Å². The first kappa shape index (κ1) is 33.9. The molecule has 0 bridgehead atoms. The molecule has 3 heterocycles. The molecule has 9 aromatic carbocycles. The van der Waals surface area contributed by atoms with Crippen LogP contribution in [0.25, 0.3) is 122 Å². The minimum atomic E-state index is 0.553. The molecule has 0 spiro atoms. The van der Waals surface area contributed by atoms with Crippen molar-refractivity contribution in [1.82, 2.24) is 15.0 Å². The van der Waals surface area contributed by atoms with Crippen LogP contribution in [0.3, 0.4) is 0 Å². The predicted octanol–water partition coefficient (Wildman–Crippen LogP) is 14.8. The van der Waals surface area contributed by atoms with E-state index < -0.39 is 0 Å². The fourth-order valence-corrected chi connectivity index (χ4v) is 8.48. The number of hydrogen-bond donors (Lipinski definition) is 0. The van der Waals surface area contributed by atoms with E-state index in [1.54, 1.807) is 0 Å². The fraction of sp³-hybridized carbons (Fsp3) is 0. The quantitative estimate of drug-likeness (QED) is 0.169. The molecule has 60 heavy (non-hydrogen) atoms. The second kappa shape index (κ2) is 13.8. The monoisotopic (exact) mass is 767 g/mol. The van der Waals surface area contributed by atoms with Gasteiger partial charge in [-0.15, -0.1) is 0 Å². The molecule has 0 amide bonds. The minimum absolute atomic E-state index is 0.553. The Labute approximate surface area is 344 Å². The van der Waals surface area contributed by atoms with Gasteiger partial charge in [0.25, 0.3) is 0 Å². The summed E-state index contributed by atoms with van der Waals surface area (Å²) in [5, 5.41) is 6.38. The number of nitrogens with zero attached hydrogens (tertiary/aromatic N) is 3. The summed E-state index contributed by atoms with van der Waals surface area (Å²) >= 11 is 0. The van der Waals surface area contributed by atoms with Crippen molar-refractivity contribution in [2.75, 3.05) is 0 Å². The lowest BCUT2D eigenvalue weighted by molar-refractivity contribution is 0.669. The zero-order chi connectivity index (χ0) is 39.6. The van der Waals surface area contributed by atoms with Crippen molar-refractivity contribution in [2.45, 2.75) is 0 Å². The van der Waals surface area contributed by atoms with Gasteiger partial charge in [0.2, 0.25) is 0 Å². The topological polar surface area (TPSA) is 65.0 Å². The van der Waals surface area contributed by atoms with Crippen molar-refractivity contribution < 1.29 is 8.83 Å². The van der Waals surface area contributed by atoms with Gasteiger partial charge in [-0.2, -0.15) is 0 Å². The van der Waals surface area contributed by atoms with E-state index in [0.29, 0.717) is 17.5 Å². The van der Waals surface area contributed by atoms with Crippen LogP contribution < -0.4 is 0 Å². The molecule has 280 valence electrons. The summed E-state index contributed by atoms with van der Waals surface area (Å²) in [5.74, 6) is 1.69. The molecule has 5 heteroatoms. The Bertz CT molecular complexity index is 3530. The van der Waals surface area contributed by atoms with Gasteiger partial charge in [0.1, 0.15) is 22.3 Å². The second-order valence-electron chi connectivity index (χ2n) is 15.2. The summed E-state index contributed by atoms with van der Waals surface area (Å²) in [7, 11) is 0. The van der Waals surface area contributed by atoms with Gasteiger partial charge in [0, 0.05) is 43.6 Å². The van der Waals surface area contributed by atoms with Crippen LogP contribution in [0.1, 0.15) is 0 Å². The number of benzene rings is 9. The molecule has 0 saturated carbocycles. The summed E-state index contributed by atoms with van der Waals surface area (Å²) in [6, 6.07) is 69.3. The molecular weight excluding hydrogens is 735 g/mol. The summed E-state index contributed by atoms with van der Waals surface area (Å²) in [5.41, 5.74) is 12.5. The number of furan rings is 2. The molecule has 0 N–H and O–H groups in total. The summed E-state index contributed by atoms with van der Waals surface area (Å²) < 4.78 is 13.1. The van der Waals surface area contributed by atoms with E-state index in [1.807, 2.05) is 36.4 Å². The van der Waals surface area contributed by atoms with Gasteiger partial charge in [0.05, 0.1) is 0 Å². The van der Waals surface area contributed by atoms with Crippen LogP contribution >= 0.6 is 0 Å². The lowest BCUT2D eigenvalue weighted by Gasteiger charge is -2.12. The molecular formula is C55H33N3O2. The van der Waals surface area contributed by atoms with E-state index >= 15 is 0 Å². The highest BCUT2D eigenvalue weighted by Crippen LogP contribution is 2.39.